The second-order valence-corrected chi connectivity index (χ2v) is 7.29. The van der Waals surface area contributed by atoms with Crippen LogP contribution < -0.4 is 0 Å². The first-order valence-electron chi connectivity index (χ1n) is 5.86. The number of hydrogen-bond donors (Lipinski definition) is 0. The maximum atomic E-state index is 9.78. The Morgan fingerprint density at radius 2 is 0.955 bits per heavy atom. The van der Waals surface area contributed by atoms with Gasteiger partial charge in [0.25, 0.3) is 20.2 Å². The van der Waals surface area contributed by atoms with Crippen LogP contribution in [0.4, 0.5) is 0 Å². The SMILES string of the molecule is COC.COS(C)(=O)=O.COS(C)(=O)=O.Cc1ccccc1. The third-order valence-electron chi connectivity index (χ3n) is 1.55. The van der Waals surface area contributed by atoms with Crippen molar-refractivity contribution in [2.75, 3.05) is 41.0 Å². The van der Waals surface area contributed by atoms with E-state index in [2.05, 4.69) is 32.2 Å². The molecular weight excluding hydrogens is 332 g/mol. The van der Waals surface area contributed by atoms with Crippen molar-refractivity contribution in [3.8, 4) is 0 Å². The van der Waals surface area contributed by atoms with Gasteiger partial charge in [-0.3, -0.25) is 8.37 Å². The van der Waals surface area contributed by atoms with Crippen molar-refractivity contribution in [3.63, 3.8) is 0 Å². The van der Waals surface area contributed by atoms with E-state index < -0.39 is 20.2 Å². The maximum absolute atomic E-state index is 9.78. The molecule has 0 aliphatic heterocycles. The lowest BCUT2D eigenvalue weighted by Crippen LogP contribution is -1.95. The van der Waals surface area contributed by atoms with Crippen LogP contribution >= 0.6 is 0 Å². The smallest absolute Gasteiger partial charge is 0.264 e. The van der Waals surface area contributed by atoms with Crippen LogP contribution in [0.5, 0.6) is 0 Å². The Bertz CT molecular complexity index is 505. The van der Waals surface area contributed by atoms with Crippen molar-refractivity contribution >= 4 is 20.2 Å². The predicted octanol–water partition coefficient (Wildman–Crippen LogP) is 1.44. The average molecular weight is 358 g/mol. The Morgan fingerprint density at radius 3 is 1.05 bits per heavy atom. The fourth-order valence-electron chi connectivity index (χ4n) is 0.534. The van der Waals surface area contributed by atoms with Crippen LogP contribution in [0.25, 0.3) is 0 Å². The molecule has 0 heterocycles. The molecule has 0 unspecified atom stereocenters. The Labute approximate surface area is 134 Å². The summed E-state index contributed by atoms with van der Waals surface area (Å²) in [5.74, 6) is 0. The Balaban J connectivity index is -0.000000227. The van der Waals surface area contributed by atoms with E-state index in [0.29, 0.717) is 0 Å². The lowest BCUT2D eigenvalue weighted by Gasteiger charge is -1.84. The van der Waals surface area contributed by atoms with Crippen LogP contribution in [0, 0.1) is 6.92 Å². The van der Waals surface area contributed by atoms with Crippen LogP contribution in [0.3, 0.4) is 0 Å². The number of aryl methyl sites for hydroxylation is 1. The zero-order valence-electron chi connectivity index (χ0n) is 14.1. The molecular formula is C13H26O7S2. The first-order valence-corrected chi connectivity index (χ1v) is 9.49. The fourth-order valence-corrected chi connectivity index (χ4v) is 0.534. The molecule has 0 fully saturated rings. The second-order valence-electron chi connectivity index (χ2n) is 3.80. The van der Waals surface area contributed by atoms with Crippen molar-refractivity contribution < 1.29 is 29.9 Å². The largest absolute Gasteiger partial charge is 0.388 e. The van der Waals surface area contributed by atoms with Gasteiger partial charge in [0.2, 0.25) is 0 Å². The summed E-state index contributed by atoms with van der Waals surface area (Å²) in [6.07, 6.45) is 1.99. The summed E-state index contributed by atoms with van der Waals surface area (Å²) in [6, 6.07) is 10.3. The number of ether oxygens (including phenoxy) is 1. The van der Waals surface area contributed by atoms with Gasteiger partial charge in [-0.1, -0.05) is 35.9 Å². The minimum Gasteiger partial charge on any atom is -0.388 e. The van der Waals surface area contributed by atoms with E-state index >= 15 is 0 Å². The predicted molar refractivity (Wildman–Crippen MR) is 87.8 cm³/mol. The van der Waals surface area contributed by atoms with Gasteiger partial charge in [-0.25, -0.2) is 0 Å². The molecule has 0 aromatic heterocycles. The van der Waals surface area contributed by atoms with Gasteiger partial charge >= 0.3 is 0 Å². The van der Waals surface area contributed by atoms with Gasteiger partial charge in [0.15, 0.2) is 0 Å². The van der Waals surface area contributed by atoms with Crippen molar-refractivity contribution in [2.45, 2.75) is 6.92 Å². The van der Waals surface area contributed by atoms with E-state index in [0.717, 1.165) is 26.7 Å². The molecule has 0 bridgehead atoms. The van der Waals surface area contributed by atoms with E-state index in [9.17, 15) is 16.8 Å². The normalized spacial score (nSPS) is 9.95. The van der Waals surface area contributed by atoms with Crippen LogP contribution in [-0.4, -0.2) is 57.8 Å². The summed E-state index contributed by atoms with van der Waals surface area (Å²) < 4.78 is 51.2. The summed E-state index contributed by atoms with van der Waals surface area (Å²) in [4.78, 5) is 0. The minimum atomic E-state index is -3.16. The topological polar surface area (TPSA) is 96.0 Å². The molecule has 7 nitrogen and oxygen atoms in total. The Kier molecular flexibility index (Phi) is 17.6. The van der Waals surface area contributed by atoms with Gasteiger partial charge in [0, 0.05) is 14.2 Å². The van der Waals surface area contributed by atoms with E-state index in [-0.39, 0.29) is 0 Å². The van der Waals surface area contributed by atoms with Crippen LogP contribution in [0.15, 0.2) is 30.3 Å². The molecule has 0 spiro atoms. The van der Waals surface area contributed by atoms with Gasteiger partial charge < -0.3 is 4.74 Å². The molecule has 9 heteroatoms. The first-order chi connectivity index (χ1) is 9.93. The second kappa shape index (κ2) is 14.9. The summed E-state index contributed by atoms with van der Waals surface area (Å²) in [7, 11) is -0.833. The highest BCUT2D eigenvalue weighted by atomic mass is 32.2. The van der Waals surface area contributed by atoms with E-state index in [1.807, 2.05) is 18.2 Å². The van der Waals surface area contributed by atoms with Crippen LogP contribution in [-0.2, 0) is 33.3 Å². The number of methoxy groups -OCH3 is 1. The molecule has 0 aliphatic carbocycles. The lowest BCUT2D eigenvalue weighted by atomic mass is 10.2. The van der Waals surface area contributed by atoms with Crippen molar-refractivity contribution in [1.29, 1.82) is 0 Å². The van der Waals surface area contributed by atoms with Crippen LogP contribution in [0.2, 0.25) is 0 Å². The van der Waals surface area contributed by atoms with Crippen molar-refractivity contribution in [1.82, 2.24) is 0 Å². The van der Waals surface area contributed by atoms with Crippen LogP contribution in [0.1, 0.15) is 5.56 Å². The maximum Gasteiger partial charge on any atom is 0.264 e. The quantitative estimate of drug-likeness (QED) is 0.738. The lowest BCUT2D eigenvalue weighted by molar-refractivity contribution is 0.277. The Morgan fingerprint density at radius 1 is 0.727 bits per heavy atom. The monoisotopic (exact) mass is 358 g/mol. The summed E-state index contributed by atoms with van der Waals surface area (Å²) in [5, 5.41) is 0. The van der Waals surface area contributed by atoms with Gasteiger partial charge in [-0.15, -0.1) is 0 Å². The number of rotatable bonds is 2. The standard InChI is InChI=1S/C7H8.2C2H6O3S.C2H6O/c1-7-5-3-2-4-6-7;2*1-5-6(2,3)4;1-3-2/h2-6H,1H3;2*1-2H3;1-2H3. The first kappa shape index (κ1) is 25.9. The summed E-state index contributed by atoms with van der Waals surface area (Å²) >= 11 is 0. The number of benzene rings is 1. The molecule has 0 amide bonds. The highest BCUT2D eigenvalue weighted by Gasteiger charge is 1.91. The minimum absolute atomic E-state index is 0.993. The zero-order chi connectivity index (χ0) is 18.2. The highest BCUT2D eigenvalue weighted by Crippen LogP contribution is 1.92. The third-order valence-corrected chi connectivity index (χ3v) is 2.76. The van der Waals surface area contributed by atoms with E-state index in [1.54, 1.807) is 14.2 Å². The summed E-state index contributed by atoms with van der Waals surface area (Å²) in [6.45, 7) is 2.08. The molecule has 132 valence electrons. The summed E-state index contributed by atoms with van der Waals surface area (Å²) in [5.41, 5.74) is 1.32. The van der Waals surface area contributed by atoms with Gasteiger partial charge in [0.1, 0.15) is 0 Å². The van der Waals surface area contributed by atoms with Crippen molar-refractivity contribution in [3.05, 3.63) is 35.9 Å². The molecule has 0 radical (unpaired) electrons. The zero-order valence-corrected chi connectivity index (χ0v) is 15.7. The third kappa shape index (κ3) is 36.4. The molecule has 0 saturated carbocycles. The molecule has 0 aliphatic rings. The molecule has 0 atom stereocenters. The van der Waals surface area contributed by atoms with Gasteiger partial charge in [-0.2, -0.15) is 16.8 Å². The molecule has 22 heavy (non-hydrogen) atoms. The molecule has 1 aromatic rings. The number of hydrogen-bond acceptors (Lipinski definition) is 7. The molecule has 1 aromatic carbocycles. The van der Waals surface area contributed by atoms with Gasteiger partial charge in [-0.05, 0) is 6.92 Å². The Hall–Kier alpha value is -1.00. The molecule has 0 saturated heterocycles. The van der Waals surface area contributed by atoms with Crippen molar-refractivity contribution in [2.24, 2.45) is 0 Å². The molecule has 1 rings (SSSR count). The fraction of sp³-hybridized carbons (Fsp3) is 0.538. The highest BCUT2D eigenvalue weighted by molar-refractivity contribution is 7.86. The van der Waals surface area contributed by atoms with E-state index in [4.69, 9.17) is 0 Å². The average Bonchev–Trinajstić information content (AvgIpc) is 2.40. The van der Waals surface area contributed by atoms with Gasteiger partial charge in [0.05, 0.1) is 26.7 Å². The molecule has 0 N–H and O–H groups in total. The van der Waals surface area contributed by atoms with E-state index in [1.165, 1.54) is 5.56 Å².